The summed E-state index contributed by atoms with van der Waals surface area (Å²) in [4.78, 5) is 17.0. The van der Waals surface area contributed by atoms with Gasteiger partial charge in [0.05, 0.1) is 16.3 Å². The van der Waals surface area contributed by atoms with E-state index < -0.39 is 0 Å². The Labute approximate surface area is 162 Å². The van der Waals surface area contributed by atoms with E-state index in [4.69, 9.17) is 23.8 Å². The van der Waals surface area contributed by atoms with Crippen molar-refractivity contribution in [3.8, 4) is 0 Å². The number of halogens is 1. The fourth-order valence-electron chi connectivity index (χ4n) is 2.50. The zero-order chi connectivity index (χ0) is 18.4. The predicted molar refractivity (Wildman–Crippen MR) is 109 cm³/mol. The van der Waals surface area contributed by atoms with Crippen LogP contribution in [0.1, 0.15) is 22.3 Å². The molecule has 0 aliphatic carbocycles. The van der Waals surface area contributed by atoms with Crippen molar-refractivity contribution >= 4 is 46.4 Å². The number of para-hydroxylation sites is 1. The second kappa shape index (κ2) is 8.64. The summed E-state index contributed by atoms with van der Waals surface area (Å²) >= 11 is 11.3. The number of anilines is 1. The van der Waals surface area contributed by atoms with Crippen LogP contribution in [0.15, 0.2) is 53.5 Å². The first-order chi connectivity index (χ1) is 12.6. The molecule has 2 aromatic rings. The molecule has 6 nitrogen and oxygen atoms in total. The number of hydrazine groups is 1. The van der Waals surface area contributed by atoms with Crippen LogP contribution in [0.5, 0.6) is 0 Å². The van der Waals surface area contributed by atoms with Crippen molar-refractivity contribution in [1.82, 2.24) is 16.2 Å². The molecule has 0 fully saturated rings. The van der Waals surface area contributed by atoms with Crippen molar-refractivity contribution in [2.45, 2.75) is 6.42 Å². The summed E-state index contributed by atoms with van der Waals surface area (Å²) in [6.07, 6.45) is 0.988. The summed E-state index contributed by atoms with van der Waals surface area (Å²) in [5.74, 6) is 0.428. The molecular formula is C18H18ClN5OS. The molecule has 1 heterocycles. The Balaban J connectivity index is 1.64. The molecule has 2 aromatic carbocycles. The molecule has 0 saturated carbocycles. The van der Waals surface area contributed by atoms with Gasteiger partial charge in [0, 0.05) is 18.7 Å². The van der Waals surface area contributed by atoms with Crippen LogP contribution in [0.25, 0.3) is 0 Å². The highest BCUT2D eigenvalue weighted by molar-refractivity contribution is 7.80. The second-order valence-electron chi connectivity index (χ2n) is 5.57. The van der Waals surface area contributed by atoms with E-state index in [1.807, 2.05) is 30.3 Å². The second-order valence-corrected chi connectivity index (χ2v) is 6.38. The van der Waals surface area contributed by atoms with E-state index in [-0.39, 0.29) is 11.0 Å². The van der Waals surface area contributed by atoms with E-state index in [1.54, 1.807) is 18.2 Å². The molecule has 0 unspecified atom stereocenters. The van der Waals surface area contributed by atoms with Crippen molar-refractivity contribution in [2.75, 3.05) is 18.4 Å². The van der Waals surface area contributed by atoms with Crippen molar-refractivity contribution in [1.29, 1.82) is 0 Å². The van der Waals surface area contributed by atoms with E-state index in [0.29, 0.717) is 16.3 Å². The van der Waals surface area contributed by atoms with Crippen LogP contribution in [0.4, 0.5) is 5.69 Å². The van der Waals surface area contributed by atoms with E-state index in [0.717, 1.165) is 30.9 Å². The quantitative estimate of drug-likeness (QED) is 0.481. The minimum atomic E-state index is -0.306. The fourth-order valence-corrected chi connectivity index (χ4v) is 2.84. The minimum Gasteiger partial charge on any atom is -0.370 e. The van der Waals surface area contributed by atoms with E-state index in [9.17, 15) is 4.79 Å². The number of carbonyl (C=O) groups excluding carboxylic acids is 1. The van der Waals surface area contributed by atoms with Crippen LogP contribution in [-0.2, 0) is 0 Å². The summed E-state index contributed by atoms with van der Waals surface area (Å²) in [5.41, 5.74) is 7.21. The van der Waals surface area contributed by atoms with Gasteiger partial charge in [0.1, 0.15) is 5.84 Å². The molecule has 8 heteroatoms. The Morgan fingerprint density at radius 1 is 1.12 bits per heavy atom. The molecule has 1 aliphatic heterocycles. The third kappa shape index (κ3) is 4.50. The molecule has 0 bridgehead atoms. The molecular weight excluding hydrogens is 370 g/mol. The van der Waals surface area contributed by atoms with Crippen molar-refractivity contribution in [3.05, 3.63) is 64.7 Å². The zero-order valence-electron chi connectivity index (χ0n) is 13.9. The molecule has 0 radical (unpaired) electrons. The lowest BCUT2D eigenvalue weighted by Crippen LogP contribution is -2.44. The first-order valence-electron chi connectivity index (χ1n) is 8.15. The largest absolute Gasteiger partial charge is 0.370 e. The van der Waals surface area contributed by atoms with Crippen molar-refractivity contribution in [2.24, 2.45) is 4.99 Å². The van der Waals surface area contributed by atoms with Crippen LogP contribution in [-0.4, -0.2) is 29.9 Å². The lowest BCUT2D eigenvalue weighted by molar-refractivity contribution is 0.0944. The van der Waals surface area contributed by atoms with Crippen LogP contribution >= 0.6 is 23.8 Å². The van der Waals surface area contributed by atoms with Gasteiger partial charge in [0.25, 0.3) is 5.91 Å². The third-order valence-corrected chi connectivity index (χ3v) is 4.27. The summed E-state index contributed by atoms with van der Waals surface area (Å²) < 4.78 is 0. The van der Waals surface area contributed by atoms with Gasteiger partial charge in [-0.1, -0.05) is 41.9 Å². The van der Waals surface area contributed by atoms with Gasteiger partial charge >= 0.3 is 0 Å². The Morgan fingerprint density at radius 3 is 2.65 bits per heavy atom. The molecule has 3 rings (SSSR count). The summed E-state index contributed by atoms with van der Waals surface area (Å²) in [7, 11) is 0. The van der Waals surface area contributed by atoms with Gasteiger partial charge in [0.15, 0.2) is 5.11 Å². The standard InChI is InChI=1S/C18H18ClN5OS/c19-14-8-3-4-9-15(14)22-18(26)24-23-17(25)13-7-2-1-6-12(13)16-20-10-5-11-21-16/h1-4,6-9H,5,10-11H2,(H,20,21)(H,23,25)(H2,22,24,26). The highest BCUT2D eigenvalue weighted by Gasteiger charge is 2.16. The molecule has 0 aromatic heterocycles. The number of hydrogen-bond donors (Lipinski definition) is 4. The predicted octanol–water partition coefficient (Wildman–Crippen LogP) is 2.71. The number of benzene rings is 2. The lowest BCUT2D eigenvalue weighted by atomic mass is 10.1. The minimum absolute atomic E-state index is 0.233. The van der Waals surface area contributed by atoms with Crippen molar-refractivity contribution in [3.63, 3.8) is 0 Å². The fraction of sp³-hybridized carbons (Fsp3) is 0.167. The molecule has 1 amide bonds. The van der Waals surface area contributed by atoms with Gasteiger partial charge in [-0.25, -0.2) is 0 Å². The Morgan fingerprint density at radius 2 is 1.88 bits per heavy atom. The number of carbonyl (C=O) groups is 1. The van der Waals surface area contributed by atoms with Crippen LogP contribution in [0.3, 0.4) is 0 Å². The summed E-state index contributed by atoms with van der Waals surface area (Å²) in [5, 5.41) is 6.93. The molecule has 4 N–H and O–H groups in total. The van der Waals surface area contributed by atoms with Crippen LogP contribution in [0.2, 0.25) is 5.02 Å². The lowest BCUT2D eigenvalue weighted by Gasteiger charge is -2.18. The Kier molecular flexibility index (Phi) is 6.04. The van der Waals surface area contributed by atoms with E-state index >= 15 is 0 Å². The topological polar surface area (TPSA) is 77.6 Å². The maximum absolute atomic E-state index is 12.6. The van der Waals surface area contributed by atoms with Gasteiger partial charge in [0.2, 0.25) is 0 Å². The SMILES string of the molecule is O=C(NNC(=S)Nc1ccccc1Cl)c1ccccc1C1=NCCCN1. The molecule has 26 heavy (non-hydrogen) atoms. The average Bonchev–Trinajstić information content (AvgIpc) is 2.68. The number of hydrogen-bond acceptors (Lipinski definition) is 4. The number of amidine groups is 1. The highest BCUT2D eigenvalue weighted by atomic mass is 35.5. The molecule has 0 spiro atoms. The highest BCUT2D eigenvalue weighted by Crippen LogP contribution is 2.20. The summed E-state index contributed by atoms with van der Waals surface area (Å²) in [6, 6.07) is 14.5. The Hall–Kier alpha value is -2.64. The number of rotatable bonds is 3. The number of nitrogens with one attached hydrogen (secondary N) is 4. The molecule has 1 aliphatic rings. The first kappa shape index (κ1) is 18.2. The molecule has 134 valence electrons. The number of aliphatic imine (C=N–C) groups is 1. The van der Waals surface area contributed by atoms with Gasteiger partial charge in [-0.15, -0.1) is 0 Å². The van der Waals surface area contributed by atoms with Crippen molar-refractivity contribution < 1.29 is 4.79 Å². The molecule has 0 saturated heterocycles. The number of thiocarbonyl (C=S) groups is 1. The van der Waals surface area contributed by atoms with Gasteiger partial charge in [-0.05, 0) is 36.8 Å². The van der Waals surface area contributed by atoms with Gasteiger partial charge < -0.3 is 10.6 Å². The smallest absolute Gasteiger partial charge is 0.270 e. The van der Waals surface area contributed by atoms with Gasteiger partial charge in [-0.2, -0.15) is 0 Å². The maximum atomic E-state index is 12.6. The average molecular weight is 388 g/mol. The monoisotopic (exact) mass is 387 g/mol. The number of nitrogens with zero attached hydrogens (tertiary/aromatic N) is 1. The number of amides is 1. The van der Waals surface area contributed by atoms with Crippen LogP contribution < -0.4 is 21.5 Å². The molecule has 0 atom stereocenters. The van der Waals surface area contributed by atoms with Crippen LogP contribution in [0, 0.1) is 0 Å². The van der Waals surface area contributed by atoms with E-state index in [1.165, 1.54) is 0 Å². The normalized spacial score (nSPS) is 13.2. The maximum Gasteiger partial charge on any atom is 0.270 e. The zero-order valence-corrected chi connectivity index (χ0v) is 15.5. The third-order valence-electron chi connectivity index (χ3n) is 3.74. The Bertz CT molecular complexity index is 855. The first-order valence-corrected chi connectivity index (χ1v) is 8.93. The van der Waals surface area contributed by atoms with Gasteiger partial charge in [-0.3, -0.25) is 20.6 Å². The summed E-state index contributed by atoms with van der Waals surface area (Å²) in [6.45, 7) is 1.60. The van der Waals surface area contributed by atoms with E-state index in [2.05, 4.69) is 26.5 Å².